The number of anilines is 2. The normalized spacial score (nSPS) is 13.6. The van der Waals surface area contributed by atoms with Gasteiger partial charge >= 0.3 is 12.1 Å². The van der Waals surface area contributed by atoms with Gasteiger partial charge in [0.25, 0.3) is 0 Å². The molecule has 1 aliphatic rings. The largest absolute Gasteiger partial charge is 0.462 e. The SMILES string of the molecule is CCOC(=O)/C(=C/N(C(C)=O)c1ccc2c(c1)COC(=O)N2C)C(C)=O. The molecule has 0 atom stereocenters. The zero-order chi connectivity index (χ0) is 19.4. The Bertz CT molecular complexity index is 799. The summed E-state index contributed by atoms with van der Waals surface area (Å²) in [7, 11) is 1.58. The van der Waals surface area contributed by atoms with Crippen LogP contribution in [0, 0.1) is 0 Å². The topological polar surface area (TPSA) is 93.2 Å². The Morgan fingerprint density at radius 2 is 2.00 bits per heavy atom. The number of amides is 2. The van der Waals surface area contributed by atoms with Gasteiger partial charge < -0.3 is 9.47 Å². The molecule has 26 heavy (non-hydrogen) atoms. The third-order valence-corrected chi connectivity index (χ3v) is 3.80. The smallest absolute Gasteiger partial charge is 0.414 e. The quantitative estimate of drug-likeness (QED) is 0.346. The lowest BCUT2D eigenvalue weighted by molar-refractivity contribution is -0.139. The van der Waals surface area contributed by atoms with Crippen molar-refractivity contribution in [3.63, 3.8) is 0 Å². The van der Waals surface area contributed by atoms with Gasteiger partial charge in [0.1, 0.15) is 12.2 Å². The van der Waals surface area contributed by atoms with Crippen molar-refractivity contribution in [1.29, 1.82) is 0 Å². The van der Waals surface area contributed by atoms with Gasteiger partial charge in [0, 0.05) is 31.4 Å². The van der Waals surface area contributed by atoms with Crippen molar-refractivity contribution in [2.45, 2.75) is 27.4 Å². The standard InChI is InChI=1S/C18H20N2O6/c1-5-25-17(23)15(11(2)21)9-20(12(3)22)14-6-7-16-13(8-14)10-26-18(24)19(16)4/h6-9H,5,10H2,1-4H3/b15-9+. The molecule has 1 heterocycles. The predicted octanol–water partition coefficient (Wildman–Crippen LogP) is 2.16. The van der Waals surface area contributed by atoms with Gasteiger partial charge in [0.05, 0.1) is 12.3 Å². The van der Waals surface area contributed by atoms with E-state index >= 15 is 0 Å². The van der Waals surface area contributed by atoms with Crippen molar-refractivity contribution >= 4 is 35.1 Å². The van der Waals surface area contributed by atoms with Gasteiger partial charge in [-0.3, -0.25) is 19.4 Å². The molecular weight excluding hydrogens is 340 g/mol. The minimum absolute atomic E-state index is 0.0687. The number of benzene rings is 1. The Kier molecular flexibility index (Phi) is 5.76. The summed E-state index contributed by atoms with van der Waals surface area (Å²) in [4.78, 5) is 50.0. The Morgan fingerprint density at radius 1 is 1.31 bits per heavy atom. The Labute approximate surface area is 151 Å². The van der Waals surface area contributed by atoms with Crippen molar-refractivity contribution in [2.75, 3.05) is 23.5 Å². The molecule has 1 aromatic rings. The van der Waals surface area contributed by atoms with Crippen LogP contribution in [0.5, 0.6) is 0 Å². The number of nitrogens with zero attached hydrogens (tertiary/aromatic N) is 2. The summed E-state index contributed by atoms with van der Waals surface area (Å²) in [6.07, 6.45) is 0.706. The van der Waals surface area contributed by atoms with E-state index in [9.17, 15) is 19.2 Å². The second kappa shape index (κ2) is 7.81. The molecule has 0 N–H and O–H groups in total. The lowest BCUT2D eigenvalue weighted by Crippen LogP contribution is -2.32. The number of carbonyl (C=O) groups excluding carboxylic acids is 4. The zero-order valence-corrected chi connectivity index (χ0v) is 15.1. The number of esters is 1. The van der Waals surface area contributed by atoms with E-state index in [1.54, 1.807) is 32.2 Å². The molecule has 0 spiro atoms. The van der Waals surface area contributed by atoms with Crippen LogP contribution in [0.2, 0.25) is 0 Å². The molecule has 0 fully saturated rings. The zero-order valence-electron chi connectivity index (χ0n) is 15.1. The number of Topliss-reactive ketones (excluding diaryl/α,β-unsaturated/α-hetero) is 1. The van der Waals surface area contributed by atoms with E-state index < -0.39 is 23.8 Å². The predicted molar refractivity (Wildman–Crippen MR) is 93.6 cm³/mol. The van der Waals surface area contributed by atoms with Crippen LogP contribution in [0.15, 0.2) is 30.0 Å². The highest BCUT2D eigenvalue weighted by atomic mass is 16.6. The molecule has 1 aliphatic heterocycles. The second-order valence-corrected chi connectivity index (χ2v) is 5.64. The van der Waals surface area contributed by atoms with Crippen LogP contribution in [-0.2, 0) is 30.5 Å². The number of hydrogen-bond acceptors (Lipinski definition) is 6. The van der Waals surface area contributed by atoms with Crippen molar-refractivity contribution in [1.82, 2.24) is 0 Å². The van der Waals surface area contributed by atoms with Crippen LogP contribution < -0.4 is 9.80 Å². The highest BCUT2D eigenvalue weighted by Crippen LogP contribution is 2.30. The minimum atomic E-state index is -0.794. The number of cyclic esters (lactones) is 1. The van der Waals surface area contributed by atoms with Crippen LogP contribution in [0.4, 0.5) is 16.2 Å². The van der Waals surface area contributed by atoms with Crippen molar-refractivity contribution < 1.29 is 28.7 Å². The van der Waals surface area contributed by atoms with Crippen LogP contribution in [-0.4, -0.2) is 37.4 Å². The number of rotatable bonds is 5. The molecule has 2 rings (SSSR count). The van der Waals surface area contributed by atoms with Crippen LogP contribution in [0.25, 0.3) is 0 Å². The van der Waals surface area contributed by atoms with Crippen LogP contribution >= 0.6 is 0 Å². The van der Waals surface area contributed by atoms with Gasteiger partial charge in [0.15, 0.2) is 5.78 Å². The average molecular weight is 360 g/mol. The molecule has 0 aliphatic carbocycles. The Morgan fingerprint density at radius 3 is 2.58 bits per heavy atom. The maximum absolute atomic E-state index is 12.1. The number of ketones is 1. The molecule has 0 unspecified atom stereocenters. The van der Waals surface area contributed by atoms with Gasteiger partial charge in [-0.15, -0.1) is 0 Å². The maximum atomic E-state index is 12.1. The number of carbonyl (C=O) groups is 4. The van der Waals surface area contributed by atoms with Crippen LogP contribution in [0.3, 0.4) is 0 Å². The molecule has 0 radical (unpaired) electrons. The van der Waals surface area contributed by atoms with E-state index in [2.05, 4.69) is 0 Å². The summed E-state index contributed by atoms with van der Waals surface area (Å²) in [6.45, 7) is 4.34. The molecular formula is C18H20N2O6. The lowest BCUT2D eigenvalue weighted by Gasteiger charge is -2.27. The van der Waals surface area contributed by atoms with E-state index in [0.717, 1.165) is 0 Å². The lowest BCUT2D eigenvalue weighted by atomic mass is 10.1. The highest BCUT2D eigenvalue weighted by Gasteiger charge is 2.24. The number of ether oxygens (including phenoxy) is 2. The molecule has 0 aromatic heterocycles. The van der Waals surface area contributed by atoms with Crippen molar-refractivity contribution in [2.24, 2.45) is 0 Å². The summed E-state index contributed by atoms with van der Waals surface area (Å²) in [5, 5.41) is 0. The fourth-order valence-electron chi connectivity index (χ4n) is 2.47. The first-order valence-corrected chi connectivity index (χ1v) is 7.99. The van der Waals surface area contributed by atoms with E-state index in [4.69, 9.17) is 9.47 Å². The van der Waals surface area contributed by atoms with E-state index in [1.165, 1.54) is 29.8 Å². The molecule has 8 nitrogen and oxygen atoms in total. The van der Waals surface area contributed by atoms with Crippen molar-refractivity contribution in [3.05, 3.63) is 35.5 Å². The summed E-state index contributed by atoms with van der Waals surface area (Å²) >= 11 is 0. The molecule has 0 saturated heterocycles. The summed E-state index contributed by atoms with van der Waals surface area (Å²) < 4.78 is 9.91. The average Bonchev–Trinajstić information content (AvgIpc) is 2.58. The van der Waals surface area contributed by atoms with Gasteiger partial charge in [-0.25, -0.2) is 9.59 Å². The fraction of sp³-hybridized carbons (Fsp3) is 0.333. The molecule has 0 bridgehead atoms. The first-order chi connectivity index (χ1) is 12.3. The molecule has 138 valence electrons. The summed E-state index contributed by atoms with van der Waals surface area (Å²) in [5.74, 6) is -1.70. The molecule has 1 aromatic carbocycles. The molecule has 0 saturated carbocycles. The van der Waals surface area contributed by atoms with Crippen LogP contribution in [0.1, 0.15) is 26.3 Å². The van der Waals surface area contributed by atoms with Gasteiger partial charge in [-0.1, -0.05) is 0 Å². The first kappa shape index (κ1) is 19.2. The minimum Gasteiger partial charge on any atom is -0.462 e. The van der Waals surface area contributed by atoms with Crippen molar-refractivity contribution in [3.8, 4) is 0 Å². The third kappa shape index (κ3) is 3.90. The van der Waals surface area contributed by atoms with E-state index in [0.29, 0.717) is 16.9 Å². The number of hydrogen-bond donors (Lipinski definition) is 0. The van der Waals surface area contributed by atoms with Gasteiger partial charge in [-0.2, -0.15) is 0 Å². The fourth-order valence-corrected chi connectivity index (χ4v) is 2.47. The molecule has 2 amide bonds. The highest BCUT2D eigenvalue weighted by molar-refractivity contribution is 6.17. The van der Waals surface area contributed by atoms with E-state index in [1.807, 2.05) is 0 Å². The number of fused-ring (bicyclic) bond motifs is 1. The maximum Gasteiger partial charge on any atom is 0.414 e. The second-order valence-electron chi connectivity index (χ2n) is 5.64. The first-order valence-electron chi connectivity index (χ1n) is 7.99. The van der Waals surface area contributed by atoms with Gasteiger partial charge in [-0.05, 0) is 32.0 Å². The third-order valence-electron chi connectivity index (χ3n) is 3.80. The Hall–Kier alpha value is -3.16. The van der Waals surface area contributed by atoms with Gasteiger partial charge in [0.2, 0.25) is 5.91 Å². The summed E-state index contributed by atoms with van der Waals surface area (Å²) in [5.41, 5.74) is 1.56. The molecule has 8 heteroatoms. The monoisotopic (exact) mass is 360 g/mol. The van der Waals surface area contributed by atoms with E-state index in [-0.39, 0.29) is 18.8 Å². The summed E-state index contributed by atoms with van der Waals surface area (Å²) in [6, 6.07) is 4.96. The Balaban J connectivity index is 2.46.